The van der Waals surface area contributed by atoms with Gasteiger partial charge in [0.25, 0.3) is 0 Å². The molecule has 0 atom stereocenters. The summed E-state index contributed by atoms with van der Waals surface area (Å²) < 4.78 is 0. The summed E-state index contributed by atoms with van der Waals surface area (Å²) in [6.45, 7) is 6.51. The summed E-state index contributed by atoms with van der Waals surface area (Å²) in [7, 11) is 0. The highest BCUT2D eigenvalue weighted by molar-refractivity contribution is 5.83. The first-order chi connectivity index (χ1) is 24.5. The lowest BCUT2D eigenvalue weighted by Crippen LogP contribution is -2.31. The van der Waals surface area contributed by atoms with Gasteiger partial charge < -0.3 is 16.4 Å². The summed E-state index contributed by atoms with van der Waals surface area (Å²) in [5, 5.41) is 37.3. The van der Waals surface area contributed by atoms with Gasteiger partial charge in [-0.3, -0.25) is 39.6 Å². The first-order valence-corrected chi connectivity index (χ1v) is 19.7. The van der Waals surface area contributed by atoms with Crippen LogP contribution in [0.5, 0.6) is 0 Å². The molecule has 14 nitrogen and oxygen atoms in total. The highest BCUT2D eigenvalue weighted by Gasteiger charge is 2.15. The van der Waals surface area contributed by atoms with Crippen molar-refractivity contribution in [1.29, 1.82) is 0 Å². The molecule has 0 aromatic rings. The van der Waals surface area contributed by atoms with Crippen LogP contribution in [0.1, 0.15) is 162 Å². The maximum absolute atomic E-state index is 12.2. The van der Waals surface area contributed by atoms with Gasteiger partial charge in [-0.1, -0.05) is 71.6 Å². The highest BCUT2D eigenvalue weighted by atomic mass is 16.5. The number of amides is 5. The second-order valence-electron chi connectivity index (χ2n) is 14.0. The van der Waals surface area contributed by atoms with Crippen LogP contribution in [0.3, 0.4) is 0 Å². The third kappa shape index (κ3) is 30.5. The average Bonchev–Trinajstić information content (AvgIpc) is 3.10. The Balaban J connectivity index is 3.73. The average molecular weight is 729 g/mol. The molecule has 0 fully saturated rings. The molecule has 0 saturated carbocycles. The molecule has 0 heterocycles. The van der Waals surface area contributed by atoms with Crippen molar-refractivity contribution in [1.82, 2.24) is 25.8 Å². The molecule has 0 bridgehead atoms. The van der Waals surface area contributed by atoms with Crippen molar-refractivity contribution in [2.75, 3.05) is 39.3 Å². The Morgan fingerprint density at radius 2 is 0.824 bits per heavy atom. The smallest absolute Gasteiger partial charge is 0.246 e. The van der Waals surface area contributed by atoms with Crippen molar-refractivity contribution >= 4 is 29.5 Å². The SMILES string of the molecule is CC(C)CCCCCCCCCCC(=O)N(O)CCCCCNC(=O)CCC(=O)N(O)CCCCCNC(=O)CCC(=O)N(O)CCCCCN. The van der Waals surface area contributed by atoms with Crippen LogP contribution in [0.25, 0.3) is 0 Å². The molecule has 5 amide bonds. The Morgan fingerprint density at radius 1 is 0.471 bits per heavy atom. The van der Waals surface area contributed by atoms with Gasteiger partial charge in [-0.15, -0.1) is 0 Å². The Kier molecular flexibility index (Phi) is 31.2. The minimum atomic E-state index is -0.541. The van der Waals surface area contributed by atoms with Gasteiger partial charge in [-0.2, -0.15) is 0 Å². The molecule has 14 heteroatoms. The van der Waals surface area contributed by atoms with E-state index in [1.807, 2.05) is 0 Å². The number of hydrogen-bond donors (Lipinski definition) is 6. The molecular weight excluding hydrogens is 656 g/mol. The van der Waals surface area contributed by atoms with Gasteiger partial charge in [0, 0.05) is 64.8 Å². The maximum atomic E-state index is 12.2. The highest BCUT2D eigenvalue weighted by Crippen LogP contribution is 2.13. The maximum Gasteiger partial charge on any atom is 0.246 e. The van der Waals surface area contributed by atoms with E-state index in [-0.39, 0.29) is 63.0 Å². The molecule has 0 aliphatic heterocycles. The van der Waals surface area contributed by atoms with Gasteiger partial charge in [0.15, 0.2) is 0 Å². The largest absolute Gasteiger partial charge is 0.356 e. The van der Waals surface area contributed by atoms with Crippen LogP contribution in [0.2, 0.25) is 0 Å². The fraction of sp³-hybridized carbons (Fsp3) is 0.865. The van der Waals surface area contributed by atoms with E-state index in [4.69, 9.17) is 5.73 Å². The Morgan fingerprint density at radius 3 is 1.24 bits per heavy atom. The molecule has 0 aromatic carbocycles. The third-order valence-corrected chi connectivity index (χ3v) is 8.73. The van der Waals surface area contributed by atoms with Crippen LogP contribution in [-0.2, 0) is 24.0 Å². The van der Waals surface area contributed by atoms with Gasteiger partial charge in [-0.25, -0.2) is 15.2 Å². The fourth-order valence-corrected chi connectivity index (χ4v) is 5.43. The lowest BCUT2D eigenvalue weighted by atomic mass is 10.0. The summed E-state index contributed by atoms with van der Waals surface area (Å²) >= 11 is 0. The third-order valence-electron chi connectivity index (χ3n) is 8.73. The van der Waals surface area contributed by atoms with Crippen LogP contribution in [0.4, 0.5) is 0 Å². The van der Waals surface area contributed by atoms with E-state index in [9.17, 15) is 39.6 Å². The second kappa shape index (κ2) is 33.1. The molecular formula is C37H72N6O8. The van der Waals surface area contributed by atoms with Gasteiger partial charge >= 0.3 is 0 Å². The van der Waals surface area contributed by atoms with E-state index < -0.39 is 11.8 Å². The second-order valence-corrected chi connectivity index (χ2v) is 14.0. The Labute approximate surface area is 307 Å². The van der Waals surface area contributed by atoms with Crippen LogP contribution in [-0.4, -0.2) is 99.6 Å². The quantitative estimate of drug-likeness (QED) is 0.0282. The van der Waals surface area contributed by atoms with E-state index in [1.165, 1.54) is 38.5 Å². The Hall–Kier alpha value is -2.81. The first kappa shape index (κ1) is 48.2. The molecule has 0 radical (unpaired) electrons. The van der Waals surface area contributed by atoms with Crippen molar-refractivity contribution in [2.45, 2.75) is 162 Å². The Bertz CT molecular complexity index is 939. The molecule has 0 aliphatic rings. The van der Waals surface area contributed by atoms with Crippen LogP contribution in [0, 0.1) is 5.92 Å². The molecule has 0 aromatic heterocycles. The van der Waals surface area contributed by atoms with Crippen molar-refractivity contribution < 1.29 is 39.6 Å². The normalized spacial score (nSPS) is 11.0. The lowest BCUT2D eigenvalue weighted by molar-refractivity contribution is -0.166. The van der Waals surface area contributed by atoms with Crippen LogP contribution >= 0.6 is 0 Å². The molecule has 0 saturated heterocycles. The number of unbranched alkanes of at least 4 members (excludes halogenated alkanes) is 13. The molecule has 0 spiro atoms. The topological polar surface area (TPSA) is 206 Å². The van der Waals surface area contributed by atoms with Crippen molar-refractivity contribution in [2.24, 2.45) is 11.7 Å². The number of hydrogen-bond acceptors (Lipinski definition) is 9. The van der Waals surface area contributed by atoms with Crippen LogP contribution < -0.4 is 16.4 Å². The predicted molar refractivity (Wildman–Crippen MR) is 197 cm³/mol. The molecule has 298 valence electrons. The van der Waals surface area contributed by atoms with Gasteiger partial charge in [0.05, 0.1) is 0 Å². The number of nitrogens with two attached hydrogens (primary N) is 1. The van der Waals surface area contributed by atoms with E-state index >= 15 is 0 Å². The standard InChI is InChI=1S/C37H72N6O8/c1-32(2)20-12-7-5-3-4-6-8-13-21-35(46)41(49)30-18-10-15-27-39-34(45)23-25-37(48)43(51)31-19-11-16-28-40-33(44)22-24-36(47)42(50)29-17-9-14-26-38/h32,49-51H,3-31,38H2,1-2H3,(H,39,45)(H,40,44). The minimum Gasteiger partial charge on any atom is -0.356 e. The molecule has 0 unspecified atom stereocenters. The summed E-state index contributed by atoms with van der Waals surface area (Å²) in [6, 6.07) is 0. The zero-order valence-electron chi connectivity index (χ0n) is 31.9. The molecule has 0 aliphatic carbocycles. The number of nitrogens with one attached hydrogen (secondary N) is 2. The summed E-state index contributed by atoms with van der Waals surface area (Å²) in [4.78, 5) is 60.2. The molecule has 0 rings (SSSR count). The summed E-state index contributed by atoms with van der Waals surface area (Å²) in [6.07, 6.45) is 16.8. The van der Waals surface area contributed by atoms with E-state index in [0.717, 1.165) is 49.5 Å². The summed E-state index contributed by atoms with van der Waals surface area (Å²) in [5.74, 6) is -1.07. The number of carbonyl (C=O) groups excluding carboxylic acids is 5. The number of rotatable bonds is 34. The van der Waals surface area contributed by atoms with Crippen LogP contribution in [0.15, 0.2) is 0 Å². The molecule has 51 heavy (non-hydrogen) atoms. The van der Waals surface area contributed by atoms with E-state index in [1.54, 1.807) is 0 Å². The van der Waals surface area contributed by atoms with Gasteiger partial charge in [-0.05, 0) is 70.3 Å². The zero-order chi connectivity index (χ0) is 38.1. The van der Waals surface area contributed by atoms with Crippen molar-refractivity contribution in [3.8, 4) is 0 Å². The molecule has 7 N–H and O–H groups in total. The predicted octanol–water partition coefficient (Wildman–Crippen LogP) is 5.46. The summed E-state index contributed by atoms with van der Waals surface area (Å²) in [5.41, 5.74) is 5.42. The number of carbonyl (C=O) groups is 5. The zero-order valence-corrected chi connectivity index (χ0v) is 31.9. The number of nitrogens with zero attached hydrogens (tertiary/aromatic N) is 3. The first-order valence-electron chi connectivity index (χ1n) is 19.7. The van der Waals surface area contributed by atoms with Crippen molar-refractivity contribution in [3.05, 3.63) is 0 Å². The monoisotopic (exact) mass is 729 g/mol. The lowest BCUT2D eigenvalue weighted by Gasteiger charge is -2.15. The van der Waals surface area contributed by atoms with Gasteiger partial charge in [0.2, 0.25) is 29.5 Å². The van der Waals surface area contributed by atoms with E-state index in [0.29, 0.717) is 74.7 Å². The fourth-order valence-electron chi connectivity index (χ4n) is 5.43. The minimum absolute atomic E-state index is 0.0188. The van der Waals surface area contributed by atoms with Gasteiger partial charge in [0.1, 0.15) is 0 Å². The van der Waals surface area contributed by atoms with Crippen molar-refractivity contribution in [3.63, 3.8) is 0 Å². The van der Waals surface area contributed by atoms with E-state index in [2.05, 4.69) is 24.5 Å². The number of hydroxylamine groups is 6.